The molecule has 0 aliphatic heterocycles. The molecule has 0 radical (unpaired) electrons. The largest absolute Gasteiger partial charge is 0.365 e. The molecule has 4 N–H and O–H groups in total. The summed E-state index contributed by atoms with van der Waals surface area (Å²) in [6.07, 6.45) is 4.12. The molecular weight excluding hydrogens is 388 g/mol. The van der Waals surface area contributed by atoms with Crippen LogP contribution in [0.2, 0.25) is 5.02 Å². The Balaban J connectivity index is 1.82. The highest BCUT2D eigenvalue weighted by atomic mass is 35.5. The molecule has 29 heavy (non-hydrogen) atoms. The number of carbonyl (C=O) groups excluding carboxylic acids is 1. The average Bonchev–Trinajstić information content (AvgIpc) is 3.06. The Morgan fingerprint density at radius 3 is 2.59 bits per heavy atom. The Kier molecular flexibility index (Phi) is 6.15. The van der Waals surface area contributed by atoms with Gasteiger partial charge in [-0.1, -0.05) is 11.6 Å². The summed E-state index contributed by atoms with van der Waals surface area (Å²) in [5, 5.41) is 21.7. The molecule has 154 valence electrons. The van der Waals surface area contributed by atoms with Crippen molar-refractivity contribution in [3.8, 4) is 6.07 Å². The van der Waals surface area contributed by atoms with Gasteiger partial charge in [0.1, 0.15) is 5.56 Å². The number of aromatic nitrogens is 2. The van der Waals surface area contributed by atoms with E-state index in [0.29, 0.717) is 16.4 Å². The molecule has 1 aliphatic carbocycles. The zero-order valence-electron chi connectivity index (χ0n) is 16.9. The number of nitrogens with one attached hydrogen (secondary N) is 2. The average molecular weight is 415 g/mol. The molecule has 1 aromatic heterocycles. The number of amides is 1. The van der Waals surface area contributed by atoms with Crippen LogP contribution in [0, 0.1) is 17.2 Å². The number of rotatable bonds is 5. The predicted molar refractivity (Wildman–Crippen MR) is 114 cm³/mol. The minimum Gasteiger partial charge on any atom is -0.365 e. The van der Waals surface area contributed by atoms with Crippen molar-refractivity contribution in [2.24, 2.45) is 11.7 Å². The molecule has 7 nitrogen and oxygen atoms in total. The highest BCUT2D eigenvalue weighted by Crippen LogP contribution is 2.35. The van der Waals surface area contributed by atoms with E-state index in [1.165, 1.54) is 0 Å². The summed E-state index contributed by atoms with van der Waals surface area (Å²) in [4.78, 5) is 12.0. The van der Waals surface area contributed by atoms with Crippen molar-refractivity contribution in [3.63, 3.8) is 0 Å². The van der Waals surface area contributed by atoms with Crippen molar-refractivity contribution in [3.05, 3.63) is 41.0 Å². The summed E-state index contributed by atoms with van der Waals surface area (Å²) < 4.78 is 1.72. The third kappa shape index (κ3) is 5.28. The summed E-state index contributed by atoms with van der Waals surface area (Å²) >= 11 is 5.93. The number of nitriles is 1. The van der Waals surface area contributed by atoms with E-state index in [1.54, 1.807) is 35.1 Å². The maximum atomic E-state index is 12.0. The van der Waals surface area contributed by atoms with Gasteiger partial charge in [-0.05, 0) is 64.3 Å². The molecule has 1 heterocycles. The van der Waals surface area contributed by atoms with Crippen LogP contribution >= 0.6 is 11.6 Å². The maximum absolute atomic E-state index is 12.0. The van der Waals surface area contributed by atoms with Crippen LogP contribution in [0.1, 0.15) is 56.4 Å². The van der Waals surface area contributed by atoms with Crippen molar-refractivity contribution in [1.29, 1.82) is 5.26 Å². The third-order valence-corrected chi connectivity index (χ3v) is 5.31. The molecule has 3 unspecified atom stereocenters. The first-order chi connectivity index (χ1) is 13.7. The van der Waals surface area contributed by atoms with Crippen molar-refractivity contribution < 1.29 is 4.79 Å². The summed E-state index contributed by atoms with van der Waals surface area (Å²) in [7, 11) is 0. The lowest BCUT2D eigenvalue weighted by atomic mass is 9.81. The zero-order chi connectivity index (χ0) is 21.2. The summed E-state index contributed by atoms with van der Waals surface area (Å²) in [6.45, 7) is 6.38. The van der Waals surface area contributed by atoms with Gasteiger partial charge in [0.2, 0.25) is 0 Å². The molecule has 1 aromatic carbocycles. The fourth-order valence-corrected chi connectivity index (χ4v) is 3.98. The molecule has 2 aromatic rings. The third-order valence-electron chi connectivity index (χ3n) is 5.06. The molecule has 1 fully saturated rings. The fourth-order valence-electron chi connectivity index (χ4n) is 3.86. The van der Waals surface area contributed by atoms with Gasteiger partial charge in [-0.3, -0.25) is 9.48 Å². The second kappa shape index (κ2) is 8.44. The monoisotopic (exact) mass is 414 g/mol. The van der Waals surface area contributed by atoms with Crippen LogP contribution in [0.5, 0.6) is 0 Å². The van der Waals surface area contributed by atoms with Crippen LogP contribution in [-0.2, 0) is 0 Å². The molecule has 0 saturated heterocycles. The molecule has 3 atom stereocenters. The standard InChI is InChI=1S/C21H27ClN6O/c1-21(2,3)26-16-8-9-18(13(10-16)11-23)28-12-17(19(24)29)20(27-28)25-15-6-4-14(22)5-7-15/h4-7,12-13,16,18,26H,8-10H2,1-3H3,(H2,24,29)(H,25,27). The van der Waals surface area contributed by atoms with Gasteiger partial charge in [0.05, 0.1) is 18.0 Å². The van der Waals surface area contributed by atoms with E-state index in [9.17, 15) is 10.1 Å². The molecule has 3 rings (SSSR count). The minimum atomic E-state index is -0.565. The number of nitrogens with zero attached hydrogens (tertiary/aromatic N) is 3. The SMILES string of the molecule is CC(C)(C)NC1CCC(n2cc(C(N)=O)c(Nc3ccc(Cl)cc3)n2)C(C#N)C1. The van der Waals surface area contributed by atoms with E-state index < -0.39 is 5.91 Å². The first-order valence-electron chi connectivity index (χ1n) is 9.75. The Bertz CT molecular complexity index is 909. The lowest BCUT2D eigenvalue weighted by Gasteiger charge is -2.36. The highest BCUT2D eigenvalue weighted by molar-refractivity contribution is 6.30. The van der Waals surface area contributed by atoms with Gasteiger partial charge in [0.15, 0.2) is 5.82 Å². The minimum absolute atomic E-state index is 0.00197. The first kappa shape index (κ1) is 21.2. The first-order valence-corrected chi connectivity index (χ1v) is 10.1. The molecule has 1 aliphatic rings. The van der Waals surface area contributed by atoms with Crippen molar-refractivity contribution >= 4 is 29.0 Å². The molecular formula is C21H27ClN6O. The lowest BCUT2D eigenvalue weighted by molar-refractivity contribution is 0.100. The number of hydrogen-bond acceptors (Lipinski definition) is 5. The van der Waals surface area contributed by atoms with Gasteiger partial charge in [-0.25, -0.2) is 0 Å². The van der Waals surface area contributed by atoms with Crippen LogP contribution < -0.4 is 16.4 Å². The normalized spacial score (nSPS) is 22.1. The second-order valence-electron chi connectivity index (χ2n) is 8.57. The van der Waals surface area contributed by atoms with Gasteiger partial charge in [0, 0.05) is 28.5 Å². The number of carbonyl (C=O) groups is 1. The van der Waals surface area contributed by atoms with E-state index in [-0.39, 0.29) is 23.5 Å². The van der Waals surface area contributed by atoms with Crippen molar-refractivity contribution in [2.45, 2.75) is 57.7 Å². The Morgan fingerprint density at radius 2 is 2.00 bits per heavy atom. The summed E-state index contributed by atoms with van der Waals surface area (Å²) in [5.41, 5.74) is 6.61. The van der Waals surface area contributed by atoms with Gasteiger partial charge < -0.3 is 16.4 Å². The number of hydrogen-bond donors (Lipinski definition) is 3. The van der Waals surface area contributed by atoms with Gasteiger partial charge in [-0.15, -0.1) is 0 Å². The molecule has 0 spiro atoms. The molecule has 1 amide bonds. The maximum Gasteiger partial charge on any atom is 0.254 e. The van der Waals surface area contributed by atoms with Gasteiger partial charge >= 0.3 is 0 Å². The number of primary amides is 1. The Hall–Kier alpha value is -2.56. The van der Waals surface area contributed by atoms with E-state index >= 15 is 0 Å². The quantitative estimate of drug-likeness (QED) is 0.685. The predicted octanol–water partition coefficient (Wildman–Crippen LogP) is 4.00. The fraction of sp³-hybridized carbons (Fsp3) is 0.476. The van der Waals surface area contributed by atoms with E-state index in [2.05, 4.69) is 42.6 Å². The van der Waals surface area contributed by atoms with Crippen molar-refractivity contribution in [2.75, 3.05) is 5.32 Å². The Labute approximate surface area is 176 Å². The van der Waals surface area contributed by atoms with Crippen molar-refractivity contribution in [1.82, 2.24) is 15.1 Å². The second-order valence-corrected chi connectivity index (χ2v) is 9.01. The van der Waals surface area contributed by atoms with E-state index in [0.717, 1.165) is 24.9 Å². The number of halogens is 1. The number of nitrogens with two attached hydrogens (primary N) is 1. The van der Waals surface area contributed by atoms with Crippen LogP contribution in [-0.4, -0.2) is 27.3 Å². The van der Waals surface area contributed by atoms with E-state index in [1.807, 2.05) is 0 Å². The van der Waals surface area contributed by atoms with Crippen LogP contribution in [0.25, 0.3) is 0 Å². The molecule has 1 saturated carbocycles. The lowest BCUT2D eigenvalue weighted by Crippen LogP contribution is -2.47. The van der Waals surface area contributed by atoms with Crippen LogP contribution in [0.15, 0.2) is 30.5 Å². The smallest absolute Gasteiger partial charge is 0.254 e. The number of anilines is 2. The topological polar surface area (TPSA) is 109 Å². The van der Waals surface area contributed by atoms with Gasteiger partial charge in [-0.2, -0.15) is 10.4 Å². The van der Waals surface area contributed by atoms with Crippen LogP contribution in [0.4, 0.5) is 11.5 Å². The van der Waals surface area contributed by atoms with Crippen LogP contribution in [0.3, 0.4) is 0 Å². The van der Waals surface area contributed by atoms with Gasteiger partial charge in [0.25, 0.3) is 5.91 Å². The zero-order valence-corrected chi connectivity index (χ0v) is 17.7. The molecule has 8 heteroatoms. The summed E-state index contributed by atoms with van der Waals surface area (Å²) in [5.74, 6) is -0.386. The number of benzene rings is 1. The molecule has 0 bridgehead atoms. The summed E-state index contributed by atoms with van der Waals surface area (Å²) in [6, 6.07) is 9.71. The highest BCUT2D eigenvalue weighted by Gasteiger charge is 2.34. The Morgan fingerprint density at radius 1 is 1.31 bits per heavy atom. The van der Waals surface area contributed by atoms with E-state index in [4.69, 9.17) is 17.3 Å².